The lowest BCUT2D eigenvalue weighted by atomic mass is 9.86. The Morgan fingerprint density at radius 3 is 2.58 bits per heavy atom. The zero-order valence-electron chi connectivity index (χ0n) is 14.5. The average Bonchev–Trinajstić information content (AvgIpc) is 2.97. The largest absolute Gasteiger partial charge is 0.444 e. The van der Waals surface area contributed by atoms with Crippen LogP contribution in [-0.4, -0.2) is 35.6 Å². The molecule has 2 atom stereocenters. The number of likely N-dealkylation sites (tertiary alicyclic amines) is 1. The van der Waals surface area contributed by atoms with Crippen LogP contribution in [0.5, 0.6) is 0 Å². The van der Waals surface area contributed by atoms with Crippen LogP contribution in [0.1, 0.15) is 38.3 Å². The second-order valence-corrected chi connectivity index (χ2v) is 7.89. The van der Waals surface area contributed by atoms with Crippen LogP contribution in [0.25, 0.3) is 0 Å². The van der Waals surface area contributed by atoms with Crippen LogP contribution in [0.15, 0.2) is 18.2 Å². The molecule has 1 heterocycles. The number of halogens is 2. The molecule has 1 aliphatic carbocycles. The number of ether oxygens (including phenoxy) is 1. The number of nitrogens with two attached hydrogens (primary N) is 1. The summed E-state index contributed by atoms with van der Waals surface area (Å²) in [6.07, 6.45) is -0.292. The summed E-state index contributed by atoms with van der Waals surface area (Å²) in [5.41, 5.74) is 6.02. The lowest BCUT2D eigenvalue weighted by molar-refractivity contribution is 0.0195. The molecule has 2 fully saturated rings. The maximum Gasteiger partial charge on any atom is 0.410 e. The molecular formula is C18H24F2N2O2. The molecular weight excluding hydrogens is 314 g/mol. The van der Waals surface area contributed by atoms with Gasteiger partial charge in [-0.25, -0.2) is 13.6 Å². The van der Waals surface area contributed by atoms with Crippen LogP contribution in [0.4, 0.5) is 19.3 Å². The number of aryl methyl sites for hydroxylation is 1. The third-order valence-corrected chi connectivity index (χ3v) is 5.16. The molecule has 3 rings (SSSR count). The minimum atomic E-state index is -2.81. The highest BCUT2D eigenvalue weighted by Gasteiger charge is 2.82. The third-order valence-electron chi connectivity index (χ3n) is 5.16. The summed E-state index contributed by atoms with van der Waals surface area (Å²) in [6, 6.07) is 5.14. The molecule has 2 aliphatic rings. The highest BCUT2D eigenvalue weighted by molar-refractivity contribution is 5.69. The Labute approximate surface area is 141 Å². The number of hydrogen-bond acceptors (Lipinski definition) is 3. The number of benzene rings is 1. The van der Waals surface area contributed by atoms with Gasteiger partial charge in [0.2, 0.25) is 0 Å². The van der Waals surface area contributed by atoms with E-state index in [9.17, 15) is 13.6 Å². The summed E-state index contributed by atoms with van der Waals surface area (Å²) < 4.78 is 34.6. The van der Waals surface area contributed by atoms with E-state index in [0.29, 0.717) is 11.3 Å². The van der Waals surface area contributed by atoms with Gasteiger partial charge in [0.05, 0.1) is 11.3 Å². The third kappa shape index (κ3) is 2.43. The Morgan fingerprint density at radius 1 is 1.38 bits per heavy atom. The van der Waals surface area contributed by atoms with Gasteiger partial charge < -0.3 is 15.4 Å². The molecule has 6 heteroatoms. The minimum Gasteiger partial charge on any atom is -0.444 e. The molecule has 0 bridgehead atoms. The molecule has 132 valence electrons. The number of hydrogen-bond donors (Lipinski definition) is 1. The Hall–Kier alpha value is -1.85. The fourth-order valence-electron chi connectivity index (χ4n) is 3.75. The first-order valence-corrected chi connectivity index (χ1v) is 8.21. The fraction of sp³-hybridized carbons (Fsp3) is 0.611. The molecule has 0 radical (unpaired) electrons. The lowest BCUT2D eigenvalue weighted by Gasteiger charge is -2.32. The first kappa shape index (κ1) is 17.0. The molecule has 2 N–H and O–H groups in total. The van der Waals surface area contributed by atoms with Crippen LogP contribution in [0.3, 0.4) is 0 Å². The standard InChI is InChI=1S/C18H24F2N2O2/c1-11-9-12(5-6-13(11)21)17-7-8-22(10-14(17)18(17,19)20)15(23)24-16(2,3)4/h5-6,9,14H,7-8,10,21H2,1-4H3/t14-,17-/m0/s1. The maximum atomic E-state index is 14.6. The predicted octanol–water partition coefficient (Wildman–Crippen LogP) is 3.72. The van der Waals surface area contributed by atoms with Gasteiger partial charge >= 0.3 is 6.09 Å². The first-order chi connectivity index (χ1) is 11.0. The highest BCUT2D eigenvalue weighted by atomic mass is 19.3. The summed E-state index contributed by atoms with van der Waals surface area (Å²) in [7, 11) is 0. The molecule has 1 aromatic rings. The van der Waals surface area contributed by atoms with Crippen molar-refractivity contribution in [3.05, 3.63) is 29.3 Å². The summed E-state index contributed by atoms with van der Waals surface area (Å²) in [5.74, 6) is -3.68. The second kappa shape index (κ2) is 5.07. The molecule has 4 nitrogen and oxygen atoms in total. The van der Waals surface area contributed by atoms with E-state index in [2.05, 4.69) is 0 Å². The lowest BCUT2D eigenvalue weighted by Crippen LogP contribution is -2.43. The summed E-state index contributed by atoms with van der Waals surface area (Å²) in [4.78, 5) is 13.6. The predicted molar refractivity (Wildman–Crippen MR) is 88.1 cm³/mol. The number of nitrogens with zero attached hydrogens (tertiary/aromatic N) is 1. The van der Waals surface area contributed by atoms with Crippen LogP contribution in [-0.2, 0) is 10.2 Å². The number of rotatable bonds is 1. The smallest absolute Gasteiger partial charge is 0.410 e. The quantitative estimate of drug-likeness (QED) is 0.794. The Morgan fingerprint density at radius 2 is 2.04 bits per heavy atom. The number of carbonyl (C=O) groups excluding carboxylic acids is 1. The van der Waals surface area contributed by atoms with Gasteiger partial charge in [-0.15, -0.1) is 0 Å². The van der Waals surface area contributed by atoms with Gasteiger partial charge in [0, 0.05) is 18.8 Å². The van der Waals surface area contributed by atoms with Crippen molar-refractivity contribution in [3.63, 3.8) is 0 Å². The zero-order chi connectivity index (χ0) is 17.9. The summed E-state index contributed by atoms with van der Waals surface area (Å²) in [5, 5.41) is 0. The zero-order valence-corrected chi connectivity index (χ0v) is 14.5. The first-order valence-electron chi connectivity index (χ1n) is 8.21. The molecule has 0 unspecified atom stereocenters. The van der Waals surface area contributed by atoms with Crippen molar-refractivity contribution in [2.24, 2.45) is 5.92 Å². The SMILES string of the molecule is Cc1cc([C@@]23CCN(C(=O)OC(C)(C)C)C[C@@H]2C3(F)F)ccc1N. The Kier molecular flexibility index (Phi) is 3.59. The van der Waals surface area contributed by atoms with Crippen molar-refractivity contribution in [2.75, 3.05) is 18.8 Å². The van der Waals surface area contributed by atoms with Crippen LogP contribution in [0.2, 0.25) is 0 Å². The van der Waals surface area contributed by atoms with Gasteiger partial charge in [0.25, 0.3) is 5.92 Å². The van der Waals surface area contributed by atoms with Crippen LogP contribution < -0.4 is 5.73 Å². The van der Waals surface area contributed by atoms with E-state index in [1.165, 1.54) is 4.90 Å². The number of fused-ring (bicyclic) bond motifs is 1. The van der Waals surface area contributed by atoms with Crippen molar-refractivity contribution >= 4 is 11.8 Å². The van der Waals surface area contributed by atoms with Gasteiger partial charge in [-0.2, -0.15) is 0 Å². The fourth-order valence-corrected chi connectivity index (χ4v) is 3.75. The van der Waals surface area contributed by atoms with Crippen LogP contribution in [0, 0.1) is 12.8 Å². The van der Waals surface area contributed by atoms with Crippen molar-refractivity contribution < 1.29 is 18.3 Å². The van der Waals surface area contributed by atoms with Gasteiger partial charge in [-0.1, -0.05) is 12.1 Å². The highest BCUT2D eigenvalue weighted by Crippen LogP contribution is 2.70. The van der Waals surface area contributed by atoms with Crippen molar-refractivity contribution in [2.45, 2.75) is 51.1 Å². The van der Waals surface area contributed by atoms with E-state index in [1.54, 1.807) is 39.0 Å². The monoisotopic (exact) mass is 338 g/mol. The van der Waals surface area contributed by atoms with E-state index >= 15 is 0 Å². The van der Waals surface area contributed by atoms with Gasteiger partial charge in [-0.3, -0.25) is 0 Å². The number of amides is 1. The van der Waals surface area contributed by atoms with E-state index < -0.39 is 28.9 Å². The molecule has 0 spiro atoms. The van der Waals surface area contributed by atoms with E-state index in [-0.39, 0.29) is 19.5 Å². The van der Waals surface area contributed by atoms with Gasteiger partial charge in [-0.05, 0) is 51.3 Å². The average molecular weight is 338 g/mol. The van der Waals surface area contributed by atoms with E-state index in [4.69, 9.17) is 10.5 Å². The topological polar surface area (TPSA) is 55.6 Å². The van der Waals surface area contributed by atoms with Crippen molar-refractivity contribution in [1.29, 1.82) is 0 Å². The number of piperidine rings is 1. The Balaban J connectivity index is 1.82. The second-order valence-electron chi connectivity index (χ2n) is 7.89. The summed E-state index contributed by atoms with van der Waals surface area (Å²) >= 11 is 0. The van der Waals surface area contributed by atoms with Gasteiger partial charge in [0.15, 0.2) is 0 Å². The molecule has 24 heavy (non-hydrogen) atoms. The number of carbonyl (C=O) groups is 1. The number of alkyl halides is 2. The van der Waals surface area contributed by atoms with Gasteiger partial charge in [0.1, 0.15) is 5.60 Å². The van der Waals surface area contributed by atoms with E-state index in [0.717, 1.165) is 5.56 Å². The van der Waals surface area contributed by atoms with E-state index in [1.807, 2.05) is 6.92 Å². The molecule has 1 aliphatic heterocycles. The maximum absolute atomic E-state index is 14.6. The molecule has 1 saturated carbocycles. The Bertz CT molecular complexity index is 684. The normalized spacial score (nSPS) is 28.2. The van der Waals surface area contributed by atoms with Crippen molar-refractivity contribution in [1.82, 2.24) is 4.90 Å². The van der Waals surface area contributed by atoms with Crippen LogP contribution >= 0.6 is 0 Å². The molecule has 0 aromatic heterocycles. The number of nitrogen functional groups attached to an aromatic ring is 1. The van der Waals surface area contributed by atoms with Crippen molar-refractivity contribution in [3.8, 4) is 0 Å². The molecule has 1 amide bonds. The molecule has 1 aromatic carbocycles. The minimum absolute atomic E-state index is 0.0192. The number of anilines is 1. The summed E-state index contributed by atoms with van der Waals surface area (Å²) in [6.45, 7) is 7.41. The molecule has 1 saturated heterocycles.